The fourth-order valence-corrected chi connectivity index (χ4v) is 2.85. The van der Waals surface area contributed by atoms with Crippen molar-refractivity contribution in [3.05, 3.63) is 68.3 Å². The Bertz CT molecular complexity index is 617. The number of hydrazine groups is 1. The molecule has 2 aromatic carbocycles. The number of benzene rings is 2. The van der Waals surface area contributed by atoms with Crippen LogP contribution in [0.1, 0.15) is 22.7 Å². The molecule has 0 aliphatic heterocycles. The lowest BCUT2D eigenvalue weighted by atomic mass is 9.98. The molecule has 1 atom stereocenters. The normalized spacial score (nSPS) is 12.4. The summed E-state index contributed by atoms with van der Waals surface area (Å²) in [5, 5.41) is 0. The molecule has 0 saturated heterocycles. The summed E-state index contributed by atoms with van der Waals surface area (Å²) in [5.74, 6) is 4.72. The van der Waals surface area contributed by atoms with E-state index in [1.807, 2.05) is 25.1 Å². The highest BCUT2D eigenvalue weighted by molar-refractivity contribution is 14.1. The van der Waals surface area contributed by atoms with Gasteiger partial charge in [-0.1, -0.05) is 18.2 Å². The second-order valence-electron chi connectivity index (χ2n) is 4.64. The Kier molecular flexibility index (Phi) is 5.06. The van der Waals surface area contributed by atoms with Gasteiger partial charge < -0.3 is 0 Å². The number of hydrogen-bond acceptors (Lipinski definition) is 2. The average molecular weight is 388 g/mol. The largest absolute Gasteiger partial charge is 0.271 e. The van der Waals surface area contributed by atoms with Crippen LogP contribution in [0, 0.1) is 22.1 Å². The summed E-state index contributed by atoms with van der Waals surface area (Å²) in [5.41, 5.74) is 5.11. The van der Waals surface area contributed by atoms with E-state index in [9.17, 15) is 8.78 Å². The van der Waals surface area contributed by atoms with Gasteiger partial charge in [0.2, 0.25) is 0 Å². The van der Waals surface area contributed by atoms with E-state index in [-0.39, 0.29) is 6.04 Å². The molecular weight excluding hydrogens is 373 g/mol. The summed E-state index contributed by atoms with van der Waals surface area (Å²) in [6, 6.07) is 9.07. The van der Waals surface area contributed by atoms with Crippen molar-refractivity contribution < 1.29 is 8.78 Å². The van der Waals surface area contributed by atoms with Crippen LogP contribution < -0.4 is 11.3 Å². The molecule has 2 nitrogen and oxygen atoms in total. The Balaban J connectivity index is 2.34. The van der Waals surface area contributed by atoms with Crippen LogP contribution in [0.25, 0.3) is 0 Å². The first-order valence-corrected chi connectivity index (χ1v) is 7.26. The Morgan fingerprint density at radius 3 is 2.70 bits per heavy atom. The zero-order chi connectivity index (χ0) is 14.7. The molecule has 20 heavy (non-hydrogen) atoms. The molecule has 0 amide bonds. The average Bonchev–Trinajstić information content (AvgIpc) is 2.43. The van der Waals surface area contributed by atoms with Crippen molar-refractivity contribution in [2.75, 3.05) is 0 Å². The third-order valence-corrected chi connectivity index (χ3v) is 4.70. The van der Waals surface area contributed by atoms with E-state index in [1.165, 1.54) is 6.07 Å². The molecule has 2 aromatic rings. The molecular formula is C15H15F2IN2. The summed E-state index contributed by atoms with van der Waals surface area (Å²) in [6.07, 6.45) is 0.291. The van der Waals surface area contributed by atoms with Crippen molar-refractivity contribution in [2.24, 2.45) is 5.84 Å². The maximum absolute atomic E-state index is 13.7. The van der Waals surface area contributed by atoms with Crippen molar-refractivity contribution >= 4 is 22.6 Å². The van der Waals surface area contributed by atoms with Crippen LogP contribution in [0.3, 0.4) is 0 Å². The lowest BCUT2D eigenvalue weighted by Crippen LogP contribution is -2.30. The fourth-order valence-electron chi connectivity index (χ4n) is 2.12. The van der Waals surface area contributed by atoms with E-state index < -0.39 is 11.6 Å². The molecule has 0 fully saturated rings. The molecule has 0 aliphatic carbocycles. The first kappa shape index (κ1) is 15.3. The quantitative estimate of drug-likeness (QED) is 0.477. The second kappa shape index (κ2) is 6.60. The van der Waals surface area contributed by atoms with Crippen LogP contribution in [-0.4, -0.2) is 0 Å². The number of aryl methyl sites for hydroxylation is 1. The standard InChI is InChI=1S/C15H15F2IN2/c1-9-3-2-4-12(15(9)18)14(20-19)8-10-7-11(16)5-6-13(10)17/h2-7,14,20H,8,19H2,1H3. The van der Waals surface area contributed by atoms with Crippen LogP contribution in [0.2, 0.25) is 0 Å². The van der Waals surface area contributed by atoms with Gasteiger partial charge in [0, 0.05) is 3.57 Å². The van der Waals surface area contributed by atoms with E-state index in [1.54, 1.807) is 0 Å². The summed E-state index contributed by atoms with van der Waals surface area (Å²) >= 11 is 2.24. The Hall–Kier alpha value is -1.05. The van der Waals surface area contributed by atoms with Gasteiger partial charge >= 0.3 is 0 Å². The third-order valence-electron chi connectivity index (χ3n) is 3.23. The highest BCUT2D eigenvalue weighted by atomic mass is 127. The summed E-state index contributed by atoms with van der Waals surface area (Å²) in [7, 11) is 0. The molecule has 1 unspecified atom stereocenters. The van der Waals surface area contributed by atoms with Crippen LogP contribution in [0.4, 0.5) is 8.78 Å². The van der Waals surface area contributed by atoms with Crippen LogP contribution >= 0.6 is 22.6 Å². The van der Waals surface area contributed by atoms with Gasteiger partial charge in [-0.3, -0.25) is 11.3 Å². The topological polar surface area (TPSA) is 38.0 Å². The monoisotopic (exact) mass is 388 g/mol. The van der Waals surface area contributed by atoms with Crippen molar-refractivity contribution in [3.8, 4) is 0 Å². The van der Waals surface area contributed by atoms with E-state index in [4.69, 9.17) is 5.84 Å². The SMILES string of the molecule is Cc1cccc(C(Cc2cc(F)ccc2F)NN)c1I. The summed E-state index contributed by atoms with van der Waals surface area (Å²) in [4.78, 5) is 0. The Morgan fingerprint density at radius 1 is 1.25 bits per heavy atom. The Labute approximate surface area is 130 Å². The molecule has 5 heteroatoms. The molecule has 0 saturated carbocycles. The van der Waals surface area contributed by atoms with Gasteiger partial charge in [0.15, 0.2) is 0 Å². The van der Waals surface area contributed by atoms with Gasteiger partial charge in [-0.15, -0.1) is 0 Å². The molecule has 0 radical (unpaired) electrons. The lowest BCUT2D eigenvalue weighted by molar-refractivity contribution is 0.521. The number of rotatable bonds is 4. The van der Waals surface area contributed by atoms with Crippen molar-refractivity contribution in [3.63, 3.8) is 0 Å². The van der Waals surface area contributed by atoms with Crippen molar-refractivity contribution in [1.82, 2.24) is 5.43 Å². The summed E-state index contributed by atoms with van der Waals surface area (Å²) in [6.45, 7) is 2.00. The molecule has 2 rings (SSSR count). The van der Waals surface area contributed by atoms with Gasteiger partial charge in [0.1, 0.15) is 11.6 Å². The number of nitrogens with one attached hydrogen (secondary N) is 1. The molecule has 0 aromatic heterocycles. The highest BCUT2D eigenvalue weighted by Gasteiger charge is 2.17. The minimum atomic E-state index is -0.448. The number of halogens is 3. The van der Waals surface area contributed by atoms with E-state index in [0.29, 0.717) is 12.0 Å². The minimum absolute atomic E-state index is 0.266. The molecule has 0 heterocycles. The fraction of sp³-hybridized carbons (Fsp3) is 0.200. The zero-order valence-corrected chi connectivity index (χ0v) is 13.1. The molecule has 106 valence electrons. The van der Waals surface area contributed by atoms with Crippen LogP contribution in [0.15, 0.2) is 36.4 Å². The van der Waals surface area contributed by atoms with E-state index >= 15 is 0 Å². The van der Waals surface area contributed by atoms with Crippen LogP contribution in [0.5, 0.6) is 0 Å². The third kappa shape index (κ3) is 3.34. The number of nitrogens with two attached hydrogens (primary N) is 1. The molecule has 0 bridgehead atoms. The van der Waals surface area contributed by atoms with E-state index in [2.05, 4.69) is 28.0 Å². The predicted molar refractivity (Wildman–Crippen MR) is 84.0 cm³/mol. The van der Waals surface area contributed by atoms with Gasteiger partial charge in [-0.2, -0.15) is 0 Å². The highest BCUT2D eigenvalue weighted by Crippen LogP contribution is 2.26. The van der Waals surface area contributed by atoms with Gasteiger partial charge in [0.05, 0.1) is 6.04 Å². The van der Waals surface area contributed by atoms with Crippen molar-refractivity contribution in [1.29, 1.82) is 0 Å². The van der Waals surface area contributed by atoms with Gasteiger partial charge in [-0.25, -0.2) is 8.78 Å². The maximum atomic E-state index is 13.7. The van der Waals surface area contributed by atoms with Crippen molar-refractivity contribution in [2.45, 2.75) is 19.4 Å². The molecule has 3 N–H and O–H groups in total. The maximum Gasteiger partial charge on any atom is 0.126 e. The second-order valence-corrected chi connectivity index (χ2v) is 5.72. The van der Waals surface area contributed by atoms with Gasteiger partial charge in [-0.05, 0) is 70.8 Å². The molecule has 0 aliphatic rings. The smallest absolute Gasteiger partial charge is 0.126 e. The first-order chi connectivity index (χ1) is 9.52. The number of hydrogen-bond donors (Lipinski definition) is 2. The van der Waals surface area contributed by atoms with Crippen LogP contribution in [-0.2, 0) is 6.42 Å². The van der Waals surface area contributed by atoms with Gasteiger partial charge in [0.25, 0.3) is 0 Å². The lowest BCUT2D eigenvalue weighted by Gasteiger charge is -2.19. The summed E-state index contributed by atoms with van der Waals surface area (Å²) < 4.78 is 28.0. The predicted octanol–water partition coefficient (Wildman–Crippen LogP) is 3.62. The minimum Gasteiger partial charge on any atom is -0.271 e. The Morgan fingerprint density at radius 2 is 2.00 bits per heavy atom. The zero-order valence-electron chi connectivity index (χ0n) is 11.0. The molecule has 0 spiro atoms. The van der Waals surface area contributed by atoms with E-state index in [0.717, 1.165) is 26.8 Å². The first-order valence-electron chi connectivity index (χ1n) is 6.18.